The number of nitrogens with zero attached hydrogens (tertiary/aromatic N) is 1. The van der Waals surface area contributed by atoms with Crippen LogP contribution in [0, 0.1) is 5.92 Å². The highest BCUT2D eigenvalue weighted by Crippen LogP contribution is 2.21. The van der Waals surface area contributed by atoms with E-state index in [4.69, 9.17) is 10.2 Å². The molecule has 0 saturated heterocycles. The third-order valence-electron chi connectivity index (χ3n) is 2.52. The van der Waals surface area contributed by atoms with Crippen molar-refractivity contribution < 1.29 is 4.42 Å². The van der Waals surface area contributed by atoms with Gasteiger partial charge in [-0.1, -0.05) is 13.8 Å². The second-order valence-corrected chi connectivity index (χ2v) is 5.68. The summed E-state index contributed by atoms with van der Waals surface area (Å²) in [6.45, 7) is 4.48. The van der Waals surface area contributed by atoms with Crippen LogP contribution in [-0.4, -0.2) is 10.7 Å². The third kappa shape index (κ3) is 3.40. The Kier molecular flexibility index (Phi) is 3.94. The first-order valence-corrected chi connectivity index (χ1v) is 7.03. The van der Waals surface area contributed by atoms with Crippen molar-refractivity contribution in [3.05, 3.63) is 24.1 Å². The maximum absolute atomic E-state index is 5.70. The van der Waals surface area contributed by atoms with E-state index in [0.717, 1.165) is 34.4 Å². The molecular formula is C13H18N2OS. The predicted molar refractivity (Wildman–Crippen MR) is 74.0 cm³/mol. The predicted octanol–water partition coefficient (Wildman–Crippen LogP) is 3.69. The van der Waals surface area contributed by atoms with Crippen LogP contribution in [-0.2, 0) is 5.75 Å². The van der Waals surface area contributed by atoms with Crippen molar-refractivity contribution in [2.45, 2.75) is 26.0 Å². The molecule has 0 aliphatic rings. The zero-order chi connectivity index (χ0) is 12.3. The number of nitrogen functional groups attached to an aromatic ring is 1. The van der Waals surface area contributed by atoms with E-state index in [1.165, 1.54) is 6.42 Å². The zero-order valence-corrected chi connectivity index (χ0v) is 11.1. The van der Waals surface area contributed by atoms with Crippen molar-refractivity contribution >= 4 is 28.5 Å². The standard InChI is InChI=1S/C13H18N2OS/c1-9(2)5-6-17-8-13-15-11-4-3-10(14)7-12(11)16-13/h3-4,7,9H,5-6,8,14H2,1-2H3. The summed E-state index contributed by atoms with van der Waals surface area (Å²) in [5.41, 5.74) is 8.08. The Labute approximate surface area is 106 Å². The van der Waals surface area contributed by atoms with Gasteiger partial charge in [0.25, 0.3) is 0 Å². The van der Waals surface area contributed by atoms with E-state index < -0.39 is 0 Å². The maximum atomic E-state index is 5.70. The fourth-order valence-corrected chi connectivity index (χ4v) is 2.61. The second kappa shape index (κ2) is 5.45. The summed E-state index contributed by atoms with van der Waals surface area (Å²) in [5.74, 6) is 3.53. The van der Waals surface area contributed by atoms with Crippen LogP contribution in [0.3, 0.4) is 0 Å². The molecule has 2 rings (SSSR count). The molecule has 92 valence electrons. The molecule has 2 N–H and O–H groups in total. The molecule has 0 amide bonds. The number of nitrogens with two attached hydrogens (primary N) is 1. The molecule has 0 spiro atoms. The molecule has 2 aromatic rings. The molecule has 4 heteroatoms. The lowest BCUT2D eigenvalue weighted by Gasteiger charge is -2.01. The molecule has 0 radical (unpaired) electrons. The zero-order valence-electron chi connectivity index (χ0n) is 10.3. The molecule has 0 atom stereocenters. The van der Waals surface area contributed by atoms with Gasteiger partial charge in [-0.3, -0.25) is 0 Å². The molecule has 17 heavy (non-hydrogen) atoms. The lowest BCUT2D eigenvalue weighted by Crippen LogP contribution is -1.90. The van der Waals surface area contributed by atoms with E-state index in [0.29, 0.717) is 5.69 Å². The fraction of sp³-hybridized carbons (Fsp3) is 0.462. The van der Waals surface area contributed by atoms with Crippen molar-refractivity contribution in [2.75, 3.05) is 11.5 Å². The SMILES string of the molecule is CC(C)CCSCc1nc2ccc(N)cc2o1. The summed E-state index contributed by atoms with van der Waals surface area (Å²) >= 11 is 1.87. The number of thioether (sulfide) groups is 1. The van der Waals surface area contributed by atoms with E-state index in [1.807, 2.05) is 30.0 Å². The van der Waals surface area contributed by atoms with Crippen LogP contribution in [0.5, 0.6) is 0 Å². The minimum absolute atomic E-state index is 0.715. The quantitative estimate of drug-likeness (QED) is 0.649. The number of rotatable bonds is 5. The van der Waals surface area contributed by atoms with Gasteiger partial charge in [0.1, 0.15) is 5.52 Å². The van der Waals surface area contributed by atoms with Gasteiger partial charge in [-0.25, -0.2) is 4.98 Å². The van der Waals surface area contributed by atoms with Crippen LogP contribution in [0.2, 0.25) is 0 Å². The van der Waals surface area contributed by atoms with E-state index in [9.17, 15) is 0 Å². The van der Waals surface area contributed by atoms with Gasteiger partial charge in [-0.15, -0.1) is 0 Å². The van der Waals surface area contributed by atoms with Crippen LogP contribution in [0.4, 0.5) is 5.69 Å². The molecule has 0 aliphatic heterocycles. The van der Waals surface area contributed by atoms with Crippen molar-refractivity contribution in [2.24, 2.45) is 5.92 Å². The summed E-state index contributed by atoms with van der Waals surface area (Å²) < 4.78 is 5.64. The highest BCUT2D eigenvalue weighted by atomic mass is 32.2. The summed E-state index contributed by atoms with van der Waals surface area (Å²) in [4.78, 5) is 4.43. The van der Waals surface area contributed by atoms with Crippen LogP contribution in [0.1, 0.15) is 26.2 Å². The Bertz CT molecular complexity index is 493. The van der Waals surface area contributed by atoms with Crippen molar-refractivity contribution in [3.8, 4) is 0 Å². The first-order chi connectivity index (χ1) is 8.15. The van der Waals surface area contributed by atoms with Gasteiger partial charge in [-0.05, 0) is 30.2 Å². The van der Waals surface area contributed by atoms with Crippen molar-refractivity contribution in [3.63, 3.8) is 0 Å². The van der Waals surface area contributed by atoms with Gasteiger partial charge in [-0.2, -0.15) is 11.8 Å². The Morgan fingerprint density at radius 1 is 1.41 bits per heavy atom. The Morgan fingerprint density at radius 3 is 3.00 bits per heavy atom. The fourth-order valence-electron chi connectivity index (χ4n) is 1.53. The lowest BCUT2D eigenvalue weighted by molar-refractivity contribution is 0.556. The number of aromatic nitrogens is 1. The summed E-state index contributed by atoms with van der Waals surface area (Å²) in [6, 6.07) is 5.57. The molecule has 0 bridgehead atoms. The summed E-state index contributed by atoms with van der Waals surface area (Å²) in [6.07, 6.45) is 1.23. The molecular weight excluding hydrogens is 232 g/mol. The van der Waals surface area contributed by atoms with Gasteiger partial charge < -0.3 is 10.2 Å². The number of hydrogen-bond donors (Lipinski definition) is 1. The topological polar surface area (TPSA) is 52.0 Å². The van der Waals surface area contributed by atoms with Gasteiger partial charge in [0.2, 0.25) is 5.89 Å². The Balaban J connectivity index is 1.95. The Hall–Kier alpha value is -1.16. The molecule has 1 heterocycles. The normalized spacial score (nSPS) is 11.5. The lowest BCUT2D eigenvalue weighted by atomic mass is 10.2. The van der Waals surface area contributed by atoms with Crippen molar-refractivity contribution in [1.29, 1.82) is 0 Å². The molecule has 0 fully saturated rings. The molecule has 3 nitrogen and oxygen atoms in total. The highest BCUT2D eigenvalue weighted by molar-refractivity contribution is 7.98. The van der Waals surface area contributed by atoms with Crippen LogP contribution < -0.4 is 5.73 Å². The largest absolute Gasteiger partial charge is 0.440 e. The van der Waals surface area contributed by atoms with Gasteiger partial charge >= 0.3 is 0 Å². The van der Waals surface area contributed by atoms with Gasteiger partial charge in [0.05, 0.1) is 5.75 Å². The first-order valence-electron chi connectivity index (χ1n) is 5.88. The van der Waals surface area contributed by atoms with E-state index >= 15 is 0 Å². The molecule has 1 aromatic carbocycles. The molecule has 1 aromatic heterocycles. The minimum Gasteiger partial charge on any atom is -0.440 e. The van der Waals surface area contributed by atoms with Crippen LogP contribution in [0.15, 0.2) is 22.6 Å². The monoisotopic (exact) mass is 250 g/mol. The number of oxazole rings is 1. The van der Waals surface area contributed by atoms with E-state index in [-0.39, 0.29) is 0 Å². The first kappa shape index (κ1) is 12.3. The van der Waals surface area contributed by atoms with Gasteiger partial charge in [0.15, 0.2) is 5.58 Å². The second-order valence-electron chi connectivity index (χ2n) is 4.57. The third-order valence-corrected chi connectivity index (χ3v) is 3.50. The number of benzene rings is 1. The maximum Gasteiger partial charge on any atom is 0.205 e. The van der Waals surface area contributed by atoms with Crippen LogP contribution in [0.25, 0.3) is 11.1 Å². The highest BCUT2D eigenvalue weighted by Gasteiger charge is 2.06. The smallest absolute Gasteiger partial charge is 0.205 e. The van der Waals surface area contributed by atoms with E-state index in [1.54, 1.807) is 0 Å². The van der Waals surface area contributed by atoms with Crippen molar-refractivity contribution in [1.82, 2.24) is 4.98 Å². The molecule has 0 saturated carbocycles. The molecule has 0 aliphatic carbocycles. The number of anilines is 1. The minimum atomic E-state index is 0.715. The number of fused-ring (bicyclic) bond motifs is 1. The van der Waals surface area contributed by atoms with E-state index in [2.05, 4.69) is 18.8 Å². The average Bonchev–Trinajstić information content (AvgIpc) is 2.66. The summed E-state index contributed by atoms with van der Waals surface area (Å²) in [7, 11) is 0. The Morgan fingerprint density at radius 2 is 2.24 bits per heavy atom. The van der Waals surface area contributed by atoms with Gasteiger partial charge in [0, 0.05) is 11.8 Å². The summed E-state index contributed by atoms with van der Waals surface area (Å²) in [5, 5.41) is 0. The molecule has 0 unspecified atom stereocenters. The van der Waals surface area contributed by atoms with Crippen LogP contribution >= 0.6 is 11.8 Å². The number of hydrogen-bond acceptors (Lipinski definition) is 4. The average molecular weight is 250 g/mol.